The molecule has 1 aromatic carbocycles. The smallest absolute Gasteiger partial charge is 0.365 e. The summed E-state index contributed by atoms with van der Waals surface area (Å²) in [5.41, 5.74) is 1.22. The molecule has 0 unspecified atom stereocenters. The molecule has 10 heteroatoms. The van der Waals surface area contributed by atoms with E-state index in [0.717, 1.165) is 4.90 Å². The Morgan fingerprint density at radius 1 is 1.20 bits per heavy atom. The molecule has 3 heterocycles. The van der Waals surface area contributed by atoms with E-state index in [9.17, 15) is 27.2 Å². The quantitative estimate of drug-likeness (QED) is 0.593. The van der Waals surface area contributed by atoms with Gasteiger partial charge >= 0.3 is 6.18 Å². The third-order valence-electron chi connectivity index (χ3n) is 6.34. The Hall–Kier alpha value is -2.85. The molecule has 2 aromatic rings. The van der Waals surface area contributed by atoms with E-state index < -0.39 is 48.3 Å². The lowest BCUT2D eigenvalue weighted by molar-refractivity contribution is -0.163. The highest BCUT2D eigenvalue weighted by atomic mass is 19.4. The van der Waals surface area contributed by atoms with Crippen molar-refractivity contribution >= 4 is 11.7 Å². The van der Waals surface area contributed by atoms with Crippen LogP contribution >= 0.6 is 0 Å². The van der Waals surface area contributed by atoms with E-state index in [0.29, 0.717) is 11.1 Å². The number of halogens is 4. The normalized spacial score (nSPS) is 24.0. The molecule has 188 valence electrons. The number of nitrogens with zero attached hydrogens (tertiary/aromatic N) is 2. The molecule has 1 amide bonds. The second-order valence-corrected chi connectivity index (χ2v) is 9.38. The van der Waals surface area contributed by atoms with Crippen LogP contribution in [0.25, 0.3) is 11.1 Å². The van der Waals surface area contributed by atoms with E-state index in [1.165, 1.54) is 18.2 Å². The van der Waals surface area contributed by atoms with Gasteiger partial charge in [0.25, 0.3) is 0 Å². The van der Waals surface area contributed by atoms with E-state index >= 15 is 0 Å². The molecule has 35 heavy (non-hydrogen) atoms. The van der Waals surface area contributed by atoms with Crippen LogP contribution < -0.4 is 5.32 Å². The summed E-state index contributed by atoms with van der Waals surface area (Å²) in [6, 6.07) is 4.86. The average molecular weight is 494 g/mol. The van der Waals surface area contributed by atoms with Gasteiger partial charge in [-0.05, 0) is 47.2 Å². The molecule has 2 saturated heterocycles. The molecule has 1 N–H and O–H groups in total. The van der Waals surface area contributed by atoms with Crippen molar-refractivity contribution in [2.75, 3.05) is 13.2 Å². The Morgan fingerprint density at radius 2 is 1.91 bits per heavy atom. The van der Waals surface area contributed by atoms with Crippen LogP contribution in [0.3, 0.4) is 0 Å². The molecule has 0 radical (unpaired) electrons. The first-order valence-corrected chi connectivity index (χ1v) is 11.5. The van der Waals surface area contributed by atoms with Gasteiger partial charge < -0.3 is 9.64 Å². The van der Waals surface area contributed by atoms with Crippen molar-refractivity contribution in [2.24, 2.45) is 5.92 Å². The average Bonchev–Trinajstić information content (AvgIpc) is 3.36. The summed E-state index contributed by atoms with van der Waals surface area (Å²) in [5, 5.41) is 2.50. The SMILES string of the molecule is CC(C)C[C@H](N[C@@H](c1cccc(-c2ccncc2)c1)C(F)(F)F)C(=O)N1C[C@H](F)[C@H]2OCC(=O)[C@H]21. The zero-order valence-electron chi connectivity index (χ0n) is 19.3. The molecule has 0 aliphatic carbocycles. The van der Waals surface area contributed by atoms with E-state index in [1.807, 2.05) is 0 Å². The topological polar surface area (TPSA) is 71.5 Å². The highest BCUT2D eigenvalue weighted by Crippen LogP contribution is 2.36. The molecule has 6 nitrogen and oxygen atoms in total. The van der Waals surface area contributed by atoms with E-state index in [4.69, 9.17) is 4.74 Å². The third kappa shape index (κ3) is 5.38. The maximum atomic E-state index is 14.4. The van der Waals surface area contributed by atoms with Gasteiger partial charge in [-0.2, -0.15) is 13.2 Å². The van der Waals surface area contributed by atoms with Crippen LogP contribution in [-0.4, -0.2) is 65.3 Å². The van der Waals surface area contributed by atoms with Crippen LogP contribution in [0.2, 0.25) is 0 Å². The van der Waals surface area contributed by atoms with Gasteiger partial charge in [0, 0.05) is 12.4 Å². The maximum Gasteiger partial charge on any atom is 0.407 e. The van der Waals surface area contributed by atoms with Crippen molar-refractivity contribution in [3.05, 3.63) is 54.4 Å². The lowest BCUT2D eigenvalue weighted by Crippen LogP contribution is -2.53. The molecule has 0 spiro atoms. The molecule has 2 aliphatic heterocycles. The summed E-state index contributed by atoms with van der Waals surface area (Å²) in [4.78, 5) is 30.6. The number of fused-ring (bicyclic) bond motifs is 1. The molecule has 4 rings (SSSR count). The zero-order valence-corrected chi connectivity index (χ0v) is 19.3. The van der Waals surface area contributed by atoms with Crippen molar-refractivity contribution in [3.8, 4) is 11.1 Å². The van der Waals surface area contributed by atoms with Gasteiger partial charge in [0.15, 0.2) is 5.78 Å². The molecular formula is C25H27F4N3O3. The van der Waals surface area contributed by atoms with Gasteiger partial charge in [-0.1, -0.05) is 32.0 Å². The largest absolute Gasteiger partial charge is 0.407 e. The summed E-state index contributed by atoms with van der Waals surface area (Å²) < 4.78 is 62.5. The number of carbonyl (C=O) groups excluding carboxylic acids is 2. The Bertz CT molecular complexity index is 1060. The number of aromatic nitrogens is 1. The summed E-state index contributed by atoms with van der Waals surface area (Å²) in [6.45, 7) is 2.87. The first kappa shape index (κ1) is 25.2. The fraction of sp³-hybridized carbons (Fsp3) is 0.480. The van der Waals surface area contributed by atoms with Crippen LogP contribution in [0.1, 0.15) is 31.9 Å². The number of likely N-dealkylation sites (tertiary alicyclic amines) is 1. The fourth-order valence-electron chi connectivity index (χ4n) is 4.76. The Morgan fingerprint density at radius 3 is 2.57 bits per heavy atom. The molecule has 5 atom stereocenters. The summed E-state index contributed by atoms with van der Waals surface area (Å²) in [6.07, 6.45) is -4.17. The Kier molecular flexibility index (Phi) is 7.23. The van der Waals surface area contributed by atoms with Crippen LogP contribution in [-0.2, 0) is 14.3 Å². The molecule has 2 fully saturated rings. The minimum absolute atomic E-state index is 0.0590. The molecule has 1 aromatic heterocycles. The Labute approximate surface area is 200 Å². The lowest BCUT2D eigenvalue weighted by Gasteiger charge is -2.32. The third-order valence-corrected chi connectivity index (χ3v) is 6.34. The summed E-state index contributed by atoms with van der Waals surface area (Å²) in [7, 11) is 0. The van der Waals surface area contributed by atoms with Gasteiger partial charge in [-0.15, -0.1) is 0 Å². The molecular weight excluding hydrogens is 466 g/mol. The minimum Gasteiger partial charge on any atom is -0.365 e. The van der Waals surface area contributed by atoms with E-state index in [-0.39, 0.29) is 31.1 Å². The highest BCUT2D eigenvalue weighted by Gasteiger charge is 2.54. The number of amides is 1. The van der Waals surface area contributed by atoms with E-state index in [1.54, 1.807) is 44.4 Å². The number of pyridine rings is 1. The van der Waals surface area contributed by atoms with Crippen molar-refractivity contribution in [1.82, 2.24) is 15.2 Å². The number of ketones is 1. The van der Waals surface area contributed by atoms with Crippen LogP contribution in [0.4, 0.5) is 17.6 Å². The predicted molar refractivity (Wildman–Crippen MR) is 120 cm³/mol. The van der Waals surface area contributed by atoms with Gasteiger partial charge in [-0.25, -0.2) is 4.39 Å². The van der Waals surface area contributed by atoms with Crippen LogP contribution in [0.15, 0.2) is 48.8 Å². The number of Topliss-reactive ketones (excluding diaryl/α,β-unsaturated/α-hetero) is 1. The number of hydrogen-bond acceptors (Lipinski definition) is 5. The molecule has 0 saturated carbocycles. The van der Waals surface area contributed by atoms with Gasteiger partial charge in [0.1, 0.15) is 31.0 Å². The van der Waals surface area contributed by atoms with Gasteiger partial charge in [0.05, 0.1) is 12.6 Å². The zero-order chi connectivity index (χ0) is 25.3. The van der Waals surface area contributed by atoms with Crippen LogP contribution in [0, 0.1) is 5.92 Å². The number of carbonyl (C=O) groups is 2. The first-order chi connectivity index (χ1) is 16.6. The highest BCUT2D eigenvalue weighted by molar-refractivity contribution is 5.94. The number of alkyl halides is 4. The molecule has 0 bridgehead atoms. The Balaban J connectivity index is 1.64. The number of hydrogen-bond donors (Lipinski definition) is 1. The van der Waals surface area contributed by atoms with Gasteiger partial charge in [-0.3, -0.25) is 19.9 Å². The first-order valence-electron chi connectivity index (χ1n) is 11.5. The molecule has 2 aliphatic rings. The summed E-state index contributed by atoms with van der Waals surface area (Å²) in [5.74, 6) is -1.31. The predicted octanol–water partition coefficient (Wildman–Crippen LogP) is 3.87. The fourth-order valence-corrected chi connectivity index (χ4v) is 4.76. The minimum atomic E-state index is -4.71. The maximum absolute atomic E-state index is 14.4. The monoisotopic (exact) mass is 493 g/mol. The number of rotatable bonds is 7. The van der Waals surface area contributed by atoms with Crippen molar-refractivity contribution in [1.29, 1.82) is 0 Å². The second-order valence-electron chi connectivity index (χ2n) is 9.38. The van der Waals surface area contributed by atoms with Crippen molar-refractivity contribution in [2.45, 2.75) is 56.8 Å². The standard InChI is InChI=1S/C25H27F4N3O3/c1-14(2)10-19(24(34)32-12-18(26)22-21(32)20(33)13-35-22)31-23(25(27,28)29)17-5-3-4-16(11-17)15-6-8-30-9-7-15/h3-9,11,14,18-19,21-23,31H,10,12-13H2,1-2H3/t18-,19-,21+,22+,23-/m0/s1. The van der Waals surface area contributed by atoms with Gasteiger partial charge in [0.2, 0.25) is 5.91 Å². The lowest BCUT2D eigenvalue weighted by atomic mass is 9.96. The summed E-state index contributed by atoms with van der Waals surface area (Å²) >= 11 is 0. The van der Waals surface area contributed by atoms with E-state index in [2.05, 4.69) is 10.3 Å². The van der Waals surface area contributed by atoms with Crippen molar-refractivity contribution in [3.63, 3.8) is 0 Å². The van der Waals surface area contributed by atoms with Crippen LogP contribution in [0.5, 0.6) is 0 Å². The second kappa shape index (κ2) is 10.0. The number of ether oxygens (including phenoxy) is 1. The number of nitrogens with one attached hydrogen (secondary N) is 1. The van der Waals surface area contributed by atoms with Crippen molar-refractivity contribution < 1.29 is 31.9 Å². The number of benzene rings is 1.